The van der Waals surface area contributed by atoms with Crippen LogP contribution in [0.1, 0.15) is 6.42 Å². The van der Waals surface area contributed by atoms with Gasteiger partial charge in [-0.05, 0) is 37.2 Å². The second-order valence-corrected chi connectivity index (χ2v) is 8.29. The average molecular weight is 421 g/mol. The molecule has 0 spiro atoms. The fourth-order valence-electron chi connectivity index (χ4n) is 3.93. The molecule has 0 unspecified atom stereocenters. The summed E-state index contributed by atoms with van der Waals surface area (Å²) in [6.07, 6.45) is 1.01. The molecule has 0 atom stereocenters. The third-order valence-corrected chi connectivity index (χ3v) is 6.22. The van der Waals surface area contributed by atoms with Crippen LogP contribution in [0.3, 0.4) is 0 Å². The fourth-order valence-corrected chi connectivity index (χ4v) is 4.57. The van der Waals surface area contributed by atoms with Crippen molar-refractivity contribution in [2.75, 3.05) is 25.4 Å². The fraction of sp³-hybridized carbons (Fsp3) is 0.261. The maximum atomic E-state index is 13.2. The monoisotopic (exact) mass is 420 g/mol. The second kappa shape index (κ2) is 8.45. The number of nitrogens with one attached hydrogen (secondary N) is 3. The maximum Gasteiger partial charge on any atom is 0.264 e. The van der Waals surface area contributed by atoms with Crippen molar-refractivity contribution in [2.24, 2.45) is 0 Å². The van der Waals surface area contributed by atoms with E-state index >= 15 is 0 Å². The number of carbonyl (C=O) groups excluding carboxylic acids is 1. The highest BCUT2D eigenvalue weighted by Gasteiger charge is 2.25. The largest absolute Gasteiger partial charge is 0.440 e. The molecule has 0 saturated heterocycles. The van der Waals surface area contributed by atoms with E-state index in [0.717, 1.165) is 53.2 Å². The van der Waals surface area contributed by atoms with E-state index in [1.807, 2.05) is 30.3 Å². The van der Waals surface area contributed by atoms with E-state index < -0.39 is 0 Å². The van der Waals surface area contributed by atoms with Crippen LogP contribution >= 0.6 is 11.9 Å². The lowest BCUT2D eigenvalue weighted by Gasteiger charge is -2.24. The van der Waals surface area contributed by atoms with Gasteiger partial charge in [-0.15, -0.1) is 0 Å². The average Bonchev–Trinajstić information content (AvgIpc) is 3.11. The van der Waals surface area contributed by atoms with Gasteiger partial charge < -0.3 is 19.9 Å². The molecule has 6 nitrogen and oxygen atoms in total. The molecule has 3 heterocycles. The summed E-state index contributed by atoms with van der Waals surface area (Å²) < 4.78 is 11.5. The molecule has 0 aliphatic carbocycles. The lowest BCUT2D eigenvalue weighted by atomic mass is 10.1. The summed E-state index contributed by atoms with van der Waals surface area (Å²) in [4.78, 5) is 13.2. The van der Waals surface area contributed by atoms with Gasteiger partial charge in [-0.2, -0.15) is 0 Å². The third-order valence-electron chi connectivity index (χ3n) is 5.40. The Kier molecular flexibility index (Phi) is 5.38. The number of hydrogen-bond acceptors (Lipinski definition) is 5. The van der Waals surface area contributed by atoms with Gasteiger partial charge in [-0.1, -0.05) is 42.3 Å². The SMILES string of the molecule is O=C1NSCCCNCCNC2=C1Cn1c(cc3ccccc31)-c1ccccc1O2. The third kappa shape index (κ3) is 3.66. The van der Waals surface area contributed by atoms with E-state index in [1.165, 1.54) is 11.9 Å². The summed E-state index contributed by atoms with van der Waals surface area (Å²) in [5.41, 5.74) is 3.76. The molecule has 2 aliphatic rings. The Morgan fingerprint density at radius 3 is 2.83 bits per heavy atom. The Labute approximate surface area is 179 Å². The first-order valence-corrected chi connectivity index (χ1v) is 11.3. The molecule has 2 aliphatic heterocycles. The van der Waals surface area contributed by atoms with Crippen molar-refractivity contribution < 1.29 is 9.53 Å². The summed E-state index contributed by atoms with van der Waals surface area (Å²) >= 11 is 1.45. The summed E-state index contributed by atoms with van der Waals surface area (Å²) in [5, 5.41) is 7.93. The first-order chi connectivity index (χ1) is 14.8. The van der Waals surface area contributed by atoms with Crippen molar-refractivity contribution in [1.29, 1.82) is 0 Å². The van der Waals surface area contributed by atoms with E-state index in [2.05, 4.69) is 44.2 Å². The minimum Gasteiger partial charge on any atom is -0.440 e. The molecule has 5 rings (SSSR count). The minimum atomic E-state index is -0.112. The highest BCUT2D eigenvalue weighted by Crippen LogP contribution is 2.37. The number of aromatic nitrogens is 1. The molecular formula is C23H24N4O2S. The molecular weight excluding hydrogens is 396 g/mol. The Hall–Kier alpha value is -2.90. The molecule has 0 radical (unpaired) electrons. The van der Waals surface area contributed by atoms with Crippen LogP contribution in [0.2, 0.25) is 0 Å². The number of ether oxygens (including phenoxy) is 1. The van der Waals surface area contributed by atoms with Crippen LogP contribution in [-0.2, 0) is 11.3 Å². The second-order valence-electron chi connectivity index (χ2n) is 7.39. The van der Waals surface area contributed by atoms with Gasteiger partial charge in [0.25, 0.3) is 5.91 Å². The zero-order valence-corrected chi connectivity index (χ0v) is 17.4. The van der Waals surface area contributed by atoms with Gasteiger partial charge in [0.05, 0.1) is 17.8 Å². The van der Waals surface area contributed by atoms with Crippen LogP contribution in [0.5, 0.6) is 5.75 Å². The van der Waals surface area contributed by atoms with Gasteiger partial charge in [-0.25, -0.2) is 0 Å². The number of para-hydroxylation sites is 2. The van der Waals surface area contributed by atoms with E-state index in [4.69, 9.17) is 4.74 Å². The number of carbonyl (C=O) groups is 1. The smallest absolute Gasteiger partial charge is 0.264 e. The number of fused-ring (bicyclic) bond motifs is 5. The van der Waals surface area contributed by atoms with Gasteiger partial charge in [0.15, 0.2) is 0 Å². The Balaban J connectivity index is 1.67. The van der Waals surface area contributed by atoms with Gasteiger partial charge in [0, 0.05) is 35.3 Å². The zero-order chi connectivity index (χ0) is 20.3. The molecule has 154 valence electrons. The molecule has 0 fully saturated rings. The van der Waals surface area contributed by atoms with Crippen molar-refractivity contribution in [2.45, 2.75) is 13.0 Å². The first kappa shape index (κ1) is 19.1. The number of hydrogen-bond donors (Lipinski definition) is 3. The summed E-state index contributed by atoms with van der Waals surface area (Å²) in [6, 6.07) is 18.4. The topological polar surface area (TPSA) is 67.3 Å². The van der Waals surface area contributed by atoms with Crippen LogP contribution in [0.15, 0.2) is 66.1 Å². The van der Waals surface area contributed by atoms with E-state index in [-0.39, 0.29) is 5.91 Å². The van der Waals surface area contributed by atoms with Crippen molar-refractivity contribution >= 4 is 28.8 Å². The molecule has 1 aromatic heterocycles. The van der Waals surface area contributed by atoms with E-state index in [1.54, 1.807) is 0 Å². The Morgan fingerprint density at radius 2 is 1.87 bits per heavy atom. The van der Waals surface area contributed by atoms with Crippen LogP contribution in [0.25, 0.3) is 22.2 Å². The number of benzene rings is 2. The van der Waals surface area contributed by atoms with Gasteiger partial charge in [0.2, 0.25) is 5.88 Å². The molecule has 2 aromatic carbocycles. The summed E-state index contributed by atoms with van der Waals surface area (Å²) in [7, 11) is 0. The Morgan fingerprint density at radius 1 is 1.00 bits per heavy atom. The number of amides is 1. The normalized spacial score (nSPS) is 17.7. The molecule has 30 heavy (non-hydrogen) atoms. The molecule has 3 aromatic rings. The molecule has 7 heteroatoms. The summed E-state index contributed by atoms with van der Waals surface area (Å²) in [5.74, 6) is 2.02. The van der Waals surface area contributed by atoms with E-state index in [0.29, 0.717) is 24.5 Å². The van der Waals surface area contributed by atoms with Crippen molar-refractivity contribution in [3.8, 4) is 17.0 Å². The number of rotatable bonds is 0. The van der Waals surface area contributed by atoms with Crippen molar-refractivity contribution in [3.63, 3.8) is 0 Å². The van der Waals surface area contributed by atoms with Crippen LogP contribution < -0.4 is 20.1 Å². The predicted octanol–water partition coefficient (Wildman–Crippen LogP) is 3.26. The minimum absolute atomic E-state index is 0.112. The van der Waals surface area contributed by atoms with Crippen LogP contribution in [0, 0.1) is 0 Å². The van der Waals surface area contributed by atoms with Gasteiger partial charge >= 0.3 is 0 Å². The quantitative estimate of drug-likeness (QED) is 0.487. The highest BCUT2D eigenvalue weighted by atomic mass is 32.2. The lowest BCUT2D eigenvalue weighted by Crippen LogP contribution is -2.35. The molecule has 0 bridgehead atoms. The highest BCUT2D eigenvalue weighted by molar-refractivity contribution is 7.97. The molecule has 1 amide bonds. The molecule has 3 N–H and O–H groups in total. The molecule has 0 saturated carbocycles. The Bertz CT molecular complexity index is 1120. The van der Waals surface area contributed by atoms with Gasteiger partial charge in [-0.3, -0.25) is 9.52 Å². The zero-order valence-electron chi connectivity index (χ0n) is 16.6. The van der Waals surface area contributed by atoms with Crippen LogP contribution in [0.4, 0.5) is 0 Å². The predicted molar refractivity (Wildman–Crippen MR) is 121 cm³/mol. The standard InChI is InChI=1S/C23H24N4O2S/c28-22-18-15-27-19-8-3-1-6-16(19)14-20(27)17-7-2-4-9-21(17)29-23(18)25-12-11-24-10-5-13-30-26-22/h1-4,6-9,14,24-25H,5,10-13,15H2,(H,26,28). The van der Waals surface area contributed by atoms with Crippen LogP contribution in [-0.4, -0.2) is 35.9 Å². The maximum absolute atomic E-state index is 13.2. The van der Waals surface area contributed by atoms with E-state index in [9.17, 15) is 4.79 Å². The first-order valence-electron chi connectivity index (χ1n) is 10.3. The summed E-state index contributed by atoms with van der Waals surface area (Å²) in [6.45, 7) is 2.85. The van der Waals surface area contributed by atoms with Gasteiger partial charge in [0.1, 0.15) is 5.75 Å². The lowest BCUT2D eigenvalue weighted by molar-refractivity contribution is -0.116. The number of nitrogens with zero attached hydrogens (tertiary/aromatic N) is 1. The van der Waals surface area contributed by atoms with Crippen molar-refractivity contribution in [1.82, 2.24) is 19.9 Å². The van der Waals surface area contributed by atoms with Crippen molar-refractivity contribution in [3.05, 3.63) is 66.1 Å².